The second-order valence-corrected chi connectivity index (χ2v) is 5.61. The molecule has 1 rings (SSSR count). The Morgan fingerprint density at radius 1 is 1.53 bits per heavy atom. The fraction of sp³-hybridized carbons (Fsp3) is 0.643. The predicted molar refractivity (Wildman–Crippen MR) is 64.6 cm³/mol. The van der Waals surface area contributed by atoms with Crippen LogP contribution in [0.4, 0.5) is 0 Å². The number of hydrogen-bond donors (Lipinski definition) is 0. The van der Waals surface area contributed by atoms with E-state index in [1.165, 1.54) is 12.0 Å². The highest BCUT2D eigenvalue weighted by atomic mass is 16.1. The first-order valence-electron chi connectivity index (χ1n) is 5.69. The van der Waals surface area contributed by atoms with Crippen molar-refractivity contribution in [2.24, 2.45) is 17.3 Å². The van der Waals surface area contributed by atoms with Crippen LogP contribution in [0, 0.1) is 17.3 Å². The van der Waals surface area contributed by atoms with E-state index in [4.69, 9.17) is 0 Å². The minimum atomic E-state index is 0.122. The molecular weight excluding hydrogens is 184 g/mol. The number of carbonyl (C=O) groups excluding carboxylic acids is 1. The third-order valence-electron chi connectivity index (χ3n) is 3.29. The molecule has 15 heavy (non-hydrogen) atoms. The Bertz CT molecular complexity index is 296. The highest BCUT2D eigenvalue weighted by Crippen LogP contribution is 2.46. The number of hydrogen-bond acceptors (Lipinski definition) is 1. The molecule has 1 nitrogen and oxygen atoms in total. The van der Waals surface area contributed by atoms with Crippen LogP contribution in [0.25, 0.3) is 0 Å². The molecule has 0 saturated heterocycles. The molecule has 0 N–H and O–H groups in total. The molecule has 1 fully saturated rings. The van der Waals surface area contributed by atoms with Crippen molar-refractivity contribution in [1.82, 2.24) is 0 Å². The van der Waals surface area contributed by atoms with Crippen molar-refractivity contribution in [1.29, 1.82) is 0 Å². The van der Waals surface area contributed by atoms with Gasteiger partial charge in [-0.05, 0) is 37.2 Å². The predicted octanol–water partition coefficient (Wildman–Crippen LogP) is 3.76. The maximum Gasteiger partial charge on any atom is 0.152 e. The molecule has 0 spiro atoms. The smallest absolute Gasteiger partial charge is 0.152 e. The summed E-state index contributed by atoms with van der Waals surface area (Å²) in [5.41, 5.74) is 1.51. The largest absolute Gasteiger partial charge is 0.295 e. The van der Waals surface area contributed by atoms with Gasteiger partial charge >= 0.3 is 0 Å². The van der Waals surface area contributed by atoms with Gasteiger partial charge in [-0.15, -0.1) is 0 Å². The first-order chi connectivity index (χ1) is 6.83. The molecule has 84 valence electrons. The van der Waals surface area contributed by atoms with E-state index in [-0.39, 0.29) is 11.2 Å². The average molecular weight is 206 g/mol. The van der Waals surface area contributed by atoms with E-state index in [0.29, 0.717) is 5.92 Å². The zero-order chi connectivity index (χ0) is 11.6. The number of rotatable bonds is 2. The van der Waals surface area contributed by atoms with E-state index in [2.05, 4.69) is 27.4 Å². The molecule has 1 saturated carbocycles. The second-order valence-electron chi connectivity index (χ2n) is 5.61. The molecule has 0 aromatic heterocycles. The van der Waals surface area contributed by atoms with Crippen molar-refractivity contribution in [3.8, 4) is 0 Å². The van der Waals surface area contributed by atoms with Gasteiger partial charge in [-0.3, -0.25) is 4.79 Å². The minimum Gasteiger partial charge on any atom is -0.295 e. The fourth-order valence-corrected chi connectivity index (χ4v) is 2.85. The van der Waals surface area contributed by atoms with E-state index in [0.717, 1.165) is 12.3 Å². The summed E-state index contributed by atoms with van der Waals surface area (Å²) in [6, 6.07) is 0. The van der Waals surface area contributed by atoms with E-state index >= 15 is 0 Å². The molecule has 2 unspecified atom stereocenters. The Morgan fingerprint density at radius 3 is 2.60 bits per heavy atom. The van der Waals surface area contributed by atoms with Crippen molar-refractivity contribution in [3.63, 3.8) is 0 Å². The maximum absolute atomic E-state index is 11.0. The van der Waals surface area contributed by atoms with Gasteiger partial charge in [0.15, 0.2) is 5.78 Å². The highest BCUT2D eigenvalue weighted by molar-refractivity contribution is 5.87. The third-order valence-corrected chi connectivity index (χ3v) is 3.29. The summed E-state index contributed by atoms with van der Waals surface area (Å²) in [6.07, 6.45) is 6.03. The SMILES string of the molecule is C=C1CC(C)CC(C)(C)C1C=CC(C)=O. The van der Waals surface area contributed by atoms with Gasteiger partial charge in [0, 0.05) is 5.92 Å². The Labute approximate surface area is 93.3 Å². The normalized spacial score (nSPS) is 30.8. The van der Waals surface area contributed by atoms with Crippen molar-refractivity contribution < 1.29 is 4.79 Å². The van der Waals surface area contributed by atoms with Gasteiger partial charge in [0.05, 0.1) is 0 Å². The highest BCUT2D eigenvalue weighted by Gasteiger charge is 2.35. The number of allylic oxidation sites excluding steroid dienone is 3. The van der Waals surface area contributed by atoms with Gasteiger partial charge in [0.1, 0.15) is 0 Å². The summed E-state index contributed by atoms with van der Waals surface area (Å²) in [5.74, 6) is 1.20. The van der Waals surface area contributed by atoms with Crippen LogP contribution in [0.1, 0.15) is 40.5 Å². The van der Waals surface area contributed by atoms with Crippen molar-refractivity contribution in [2.45, 2.75) is 40.5 Å². The summed E-state index contributed by atoms with van der Waals surface area (Å²) in [7, 11) is 0. The lowest BCUT2D eigenvalue weighted by molar-refractivity contribution is -0.112. The number of carbonyl (C=O) groups is 1. The van der Waals surface area contributed by atoms with Gasteiger partial charge in [0.25, 0.3) is 0 Å². The monoisotopic (exact) mass is 206 g/mol. The summed E-state index contributed by atoms with van der Waals surface area (Å²) >= 11 is 0. The van der Waals surface area contributed by atoms with Crippen LogP contribution in [0.15, 0.2) is 24.3 Å². The van der Waals surface area contributed by atoms with Crippen molar-refractivity contribution >= 4 is 5.78 Å². The van der Waals surface area contributed by atoms with E-state index in [1.54, 1.807) is 13.0 Å². The quantitative estimate of drug-likeness (QED) is 0.496. The van der Waals surface area contributed by atoms with Gasteiger partial charge < -0.3 is 0 Å². The Balaban J connectivity index is 2.85. The lowest BCUT2D eigenvalue weighted by Crippen LogP contribution is -2.31. The van der Waals surface area contributed by atoms with Crippen LogP contribution in [-0.4, -0.2) is 5.78 Å². The standard InChI is InChI=1S/C14H22O/c1-10-8-11(2)13(7-6-12(3)15)14(4,5)9-10/h6-7,10,13H,2,8-9H2,1,3-5H3. The molecular formula is C14H22O. The van der Waals surface area contributed by atoms with Gasteiger partial charge in [-0.2, -0.15) is 0 Å². The summed E-state index contributed by atoms with van der Waals surface area (Å²) in [6.45, 7) is 12.6. The minimum absolute atomic E-state index is 0.122. The second kappa shape index (κ2) is 4.34. The molecule has 1 aliphatic carbocycles. The van der Waals surface area contributed by atoms with Crippen LogP contribution in [-0.2, 0) is 4.79 Å². The van der Waals surface area contributed by atoms with Crippen LogP contribution >= 0.6 is 0 Å². The zero-order valence-corrected chi connectivity index (χ0v) is 10.3. The van der Waals surface area contributed by atoms with Gasteiger partial charge in [-0.25, -0.2) is 0 Å². The molecule has 0 bridgehead atoms. The molecule has 0 aliphatic heterocycles. The Hall–Kier alpha value is -0.850. The fourth-order valence-electron chi connectivity index (χ4n) is 2.85. The van der Waals surface area contributed by atoms with E-state index in [1.807, 2.05) is 6.08 Å². The third kappa shape index (κ3) is 3.05. The summed E-state index contributed by atoms with van der Waals surface area (Å²) in [4.78, 5) is 11.0. The van der Waals surface area contributed by atoms with Crippen LogP contribution in [0.5, 0.6) is 0 Å². The van der Waals surface area contributed by atoms with Crippen LogP contribution in [0.2, 0.25) is 0 Å². The van der Waals surface area contributed by atoms with Crippen LogP contribution in [0.3, 0.4) is 0 Å². The molecule has 0 amide bonds. The summed E-state index contributed by atoms with van der Waals surface area (Å²) in [5, 5.41) is 0. The molecule has 0 radical (unpaired) electrons. The molecule has 0 aromatic carbocycles. The van der Waals surface area contributed by atoms with E-state index in [9.17, 15) is 4.79 Å². The summed E-state index contributed by atoms with van der Waals surface area (Å²) < 4.78 is 0. The topological polar surface area (TPSA) is 17.1 Å². The molecule has 1 aliphatic rings. The Kier molecular flexibility index (Phi) is 3.54. The first-order valence-corrected chi connectivity index (χ1v) is 5.69. The molecule has 0 aromatic rings. The van der Waals surface area contributed by atoms with E-state index < -0.39 is 0 Å². The maximum atomic E-state index is 11.0. The van der Waals surface area contributed by atoms with Crippen molar-refractivity contribution in [2.75, 3.05) is 0 Å². The lowest BCUT2D eigenvalue weighted by Gasteiger charge is -2.41. The van der Waals surface area contributed by atoms with Crippen LogP contribution < -0.4 is 0 Å². The van der Waals surface area contributed by atoms with Crippen molar-refractivity contribution in [3.05, 3.63) is 24.3 Å². The molecule has 2 atom stereocenters. The number of ketones is 1. The molecule has 1 heteroatoms. The Morgan fingerprint density at radius 2 is 2.13 bits per heavy atom. The molecule has 0 heterocycles. The zero-order valence-electron chi connectivity index (χ0n) is 10.3. The van der Waals surface area contributed by atoms with Gasteiger partial charge in [-0.1, -0.05) is 39.0 Å². The van der Waals surface area contributed by atoms with Gasteiger partial charge in [0.2, 0.25) is 0 Å². The first kappa shape index (κ1) is 12.2. The average Bonchev–Trinajstić information content (AvgIpc) is 1.98. The lowest BCUT2D eigenvalue weighted by atomic mass is 9.63.